The Morgan fingerprint density at radius 3 is 1.55 bits per heavy atom. The largest absolute Gasteiger partial charge is 0.333 e. The molecule has 0 saturated carbocycles. The van der Waals surface area contributed by atoms with Crippen molar-refractivity contribution >= 4 is 11.8 Å². The fourth-order valence-corrected chi connectivity index (χ4v) is 2.35. The van der Waals surface area contributed by atoms with Crippen molar-refractivity contribution in [1.29, 1.82) is 0 Å². The maximum atomic E-state index is 12.0. The molecule has 0 bridgehead atoms. The van der Waals surface area contributed by atoms with E-state index < -0.39 is 0 Å². The number of amides is 2. The molecule has 0 unspecified atom stereocenters. The van der Waals surface area contributed by atoms with E-state index in [0.29, 0.717) is 26.2 Å². The zero-order valence-corrected chi connectivity index (χ0v) is 12.8. The average molecular weight is 284 g/mol. The second kappa shape index (κ2) is 9.72. The summed E-state index contributed by atoms with van der Waals surface area (Å²) in [7, 11) is 3.84. The highest BCUT2D eigenvalue weighted by Gasteiger charge is 2.31. The van der Waals surface area contributed by atoms with Crippen LogP contribution in [0.2, 0.25) is 0 Å². The van der Waals surface area contributed by atoms with E-state index in [2.05, 4.69) is 10.6 Å². The minimum absolute atomic E-state index is 0.325. The number of nitrogens with zero attached hydrogens (tertiary/aromatic N) is 2. The maximum Gasteiger partial charge on any atom is 0.312 e. The predicted molar refractivity (Wildman–Crippen MR) is 79.5 cm³/mol. The Balaban J connectivity index is 2.27. The van der Waals surface area contributed by atoms with Gasteiger partial charge in [0, 0.05) is 26.2 Å². The monoisotopic (exact) mass is 284 g/mol. The zero-order valence-electron chi connectivity index (χ0n) is 12.8. The fraction of sp³-hybridized carbons (Fsp3) is 0.857. The molecule has 2 N–H and O–H groups in total. The molecule has 0 aromatic rings. The van der Waals surface area contributed by atoms with Crippen molar-refractivity contribution in [1.82, 2.24) is 20.4 Å². The number of rotatable bonds is 10. The summed E-state index contributed by atoms with van der Waals surface area (Å²) < 4.78 is 0. The van der Waals surface area contributed by atoms with Crippen molar-refractivity contribution in [3.63, 3.8) is 0 Å². The van der Waals surface area contributed by atoms with Gasteiger partial charge in [0.2, 0.25) is 0 Å². The molecule has 0 aliphatic carbocycles. The Labute approximate surface area is 121 Å². The van der Waals surface area contributed by atoms with Crippen LogP contribution in [-0.2, 0) is 9.59 Å². The fourth-order valence-electron chi connectivity index (χ4n) is 2.35. The number of piperazine rings is 1. The van der Waals surface area contributed by atoms with Gasteiger partial charge in [0.15, 0.2) is 0 Å². The lowest BCUT2D eigenvalue weighted by atomic mass is 10.2. The summed E-state index contributed by atoms with van der Waals surface area (Å²) in [5, 5.41) is 6.16. The molecular formula is C14H28N4O2. The van der Waals surface area contributed by atoms with Crippen molar-refractivity contribution < 1.29 is 9.59 Å². The lowest BCUT2D eigenvalue weighted by Crippen LogP contribution is -2.54. The van der Waals surface area contributed by atoms with Gasteiger partial charge < -0.3 is 20.4 Å². The Bertz CT molecular complexity index is 280. The molecule has 0 aromatic carbocycles. The van der Waals surface area contributed by atoms with Gasteiger partial charge in [0.05, 0.1) is 0 Å². The van der Waals surface area contributed by atoms with E-state index in [1.54, 1.807) is 9.80 Å². The molecule has 0 aromatic heterocycles. The summed E-state index contributed by atoms with van der Waals surface area (Å²) in [5.41, 5.74) is 0. The van der Waals surface area contributed by atoms with Crippen LogP contribution in [0.3, 0.4) is 0 Å². The smallest absolute Gasteiger partial charge is 0.312 e. The van der Waals surface area contributed by atoms with E-state index in [4.69, 9.17) is 0 Å². The van der Waals surface area contributed by atoms with Gasteiger partial charge >= 0.3 is 11.8 Å². The highest BCUT2D eigenvalue weighted by Crippen LogP contribution is 2.08. The molecule has 0 atom stereocenters. The van der Waals surface area contributed by atoms with E-state index >= 15 is 0 Å². The van der Waals surface area contributed by atoms with Gasteiger partial charge in [0.25, 0.3) is 0 Å². The van der Waals surface area contributed by atoms with Crippen molar-refractivity contribution in [2.24, 2.45) is 0 Å². The van der Waals surface area contributed by atoms with Gasteiger partial charge in [-0.25, -0.2) is 0 Å². The van der Waals surface area contributed by atoms with Crippen molar-refractivity contribution in [2.45, 2.75) is 25.7 Å². The molecule has 6 nitrogen and oxygen atoms in total. The van der Waals surface area contributed by atoms with Crippen molar-refractivity contribution in [3.8, 4) is 0 Å². The average Bonchev–Trinajstić information content (AvgIpc) is 2.46. The van der Waals surface area contributed by atoms with Crippen LogP contribution >= 0.6 is 0 Å². The molecule has 1 aliphatic rings. The van der Waals surface area contributed by atoms with Gasteiger partial charge in [-0.3, -0.25) is 9.59 Å². The number of carbonyl (C=O) groups excluding carboxylic acids is 2. The standard InChI is InChI=1S/C14H28N4O2/c1-15-7-3-5-9-17-11-12-18(14(20)13(17)19)10-6-4-8-16-2/h15-16H,3-12H2,1-2H3. The summed E-state index contributed by atoms with van der Waals surface area (Å²) in [5.74, 6) is -0.649. The van der Waals surface area contributed by atoms with Gasteiger partial charge in [-0.1, -0.05) is 0 Å². The van der Waals surface area contributed by atoms with Crippen LogP contribution in [0.25, 0.3) is 0 Å². The van der Waals surface area contributed by atoms with E-state index in [1.165, 1.54) is 0 Å². The summed E-state index contributed by atoms with van der Waals surface area (Å²) in [6, 6.07) is 0. The van der Waals surface area contributed by atoms with Gasteiger partial charge in [-0.15, -0.1) is 0 Å². The Morgan fingerprint density at radius 1 is 0.800 bits per heavy atom. The van der Waals surface area contributed by atoms with E-state index in [0.717, 1.165) is 38.8 Å². The third-order valence-corrected chi connectivity index (χ3v) is 3.61. The molecular weight excluding hydrogens is 256 g/mol. The maximum absolute atomic E-state index is 12.0. The number of hydrogen-bond acceptors (Lipinski definition) is 4. The predicted octanol–water partition coefficient (Wildman–Crippen LogP) is -0.344. The minimum atomic E-state index is -0.325. The number of hydrogen-bond donors (Lipinski definition) is 2. The summed E-state index contributed by atoms with van der Waals surface area (Å²) in [4.78, 5) is 27.4. The number of carbonyl (C=O) groups is 2. The Morgan fingerprint density at radius 2 is 1.20 bits per heavy atom. The summed E-state index contributed by atoms with van der Waals surface area (Å²) in [6.45, 7) is 4.65. The SMILES string of the molecule is CNCCCCN1CCN(CCCCNC)C(=O)C1=O. The van der Waals surface area contributed by atoms with Crippen LogP contribution in [-0.4, -0.2) is 75.0 Å². The number of nitrogens with one attached hydrogen (secondary N) is 2. The van der Waals surface area contributed by atoms with Crippen LogP contribution in [0.4, 0.5) is 0 Å². The molecule has 20 heavy (non-hydrogen) atoms. The molecule has 1 saturated heterocycles. The highest BCUT2D eigenvalue weighted by molar-refractivity contribution is 6.35. The van der Waals surface area contributed by atoms with E-state index in [1.807, 2.05) is 14.1 Å². The van der Waals surface area contributed by atoms with Crippen LogP contribution in [0.15, 0.2) is 0 Å². The molecule has 1 heterocycles. The molecule has 6 heteroatoms. The summed E-state index contributed by atoms with van der Waals surface area (Å²) in [6.07, 6.45) is 3.95. The first kappa shape index (κ1) is 16.9. The van der Waals surface area contributed by atoms with Crippen molar-refractivity contribution in [2.75, 3.05) is 53.4 Å². The highest BCUT2D eigenvalue weighted by atomic mass is 16.2. The Kier molecular flexibility index (Phi) is 8.22. The minimum Gasteiger partial charge on any atom is -0.333 e. The molecule has 2 amide bonds. The van der Waals surface area contributed by atoms with Crippen LogP contribution in [0, 0.1) is 0 Å². The second-order valence-electron chi connectivity index (χ2n) is 5.21. The van der Waals surface area contributed by atoms with Crippen LogP contribution in [0.5, 0.6) is 0 Å². The molecule has 116 valence electrons. The number of unbranched alkanes of at least 4 members (excludes halogenated alkanes) is 2. The van der Waals surface area contributed by atoms with Crippen molar-refractivity contribution in [3.05, 3.63) is 0 Å². The Hall–Kier alpha value is -1.14. The topological polar surface area (TPSA) is 64.7 Å². The lowest BCUT2D eigenvalue weighted by molar-refractivity contribution is -0.156. The second-order valence-corrected chi connectivity index (χ2v) is 5.21. The first-order valence-electron chi connectivity index (χ1n) is 7.58. The quantitative estimate of drug-likeness (QED) is 0.425. The third kappa shape index (κ3) is 5.46. The molecule has 1 aliphatic heterocycles. The molecule has 0 spiro atoms. The first-order valence-corrected chi connectivity index (χ1v) is 7.58. The molecule has 0 radical (unpaired) electrons. The lowest BCUT2D eigenvalue weighted by Gasteiger charge is -2.33. The van der Waals surface area contributed by atoms with Crippen LogP contribution < -0.4 is 10.6 Å². The first-order chi connectivity index (χ1) is 9.70. The van der Waals surface area contributed by atoms with E-state index in [-0.39, 0.29) is 11.8 Å². The normalized spacial score (nSPS) is 16.1. The third-order valence-electron chi connectivity index (χ3n) is 3.61. The molecule has 1 rings (SSSR count). The zero-order chi connectivity index (χ0) is 14.8. The van der Waals surface area contributed by atoms with Gasteiger partial charge in [-0.2, -0.15) is 0 Å². The van der Waals surface area contributed by atoms with Crippen LogP contribution in [0.1, 0.15) is 25.7 Å². The molecule has 1 fully saturated rings. The summed E-state index contributed by atoms with van der Waals surface area (Å²) >= 11 is 0. The van der Waals surface area contributed by atoms with Gasteiger partial charge in [-0.05, 0) is 52.9 Å². The van der Waals surface area contributed by atoms with Gasteiger partial charge in [0.1, 0.15) is 0 Å². The van der Waals surface area contributed by atoms with E-state index in [9.17, 15) is 9.59 Å².